The molecule has 1 aromatic carbocycles. The molecule has 1 aliphatic heterocycles. The smallest absolute Gasteiger partial charge is 0.255 e. The molecule has 26 heavy (non-hydrogen) atoms. The first-order valence-electron chi connectivity index (χ1n) is 8.38. The highest BCUT2D eigenvalue weighted by molar-refractivity contribution is 7.16. The molecule has 8 heteroatoms. The van der Waals surface area contributed by atoms with E-state index < -0.39 is 6.04 Å². The van der Waals surface area contributed by atoms with Crippen molar-refractivity contribution in [2.24, 2.45) is 0 Å². The summed E-state index contributed by atoms with van der Waals surface area (Å²) < 4.78 is 0. The maximum atomic E-state index is 13.4. The van der Waals surface area contributed by atoms with E-state index in [1.165, 1.54) is 11.3 Å². The third-order valence-corrected chi connectivity index (χ3v) is 5.17. The first-order chi connectivity index (χ1) is 12.8. The molecule has 1 amide bonds. The van der Waals surface area contributed by atoms with Crippen LogP contribution in [0.1, 0.15) is 0 Å². The highest BCUT2D eigenvalue weighted by Crippen LogP contribution is 2.27. The fourth-order valence-electron chi connectivity index (χ4n) is 3.04. The minimum Gasteiger partial charge on any atom is -0.313 e. The number of carbonyl (C=O) groups is 1. The molecule has 1 saturated heterocycles. The minimum absolute atomic E-state index is 0.124. The molecule has 4 rings (SSSR count). The lowest BCUT2D eigenvalue weighted by Crippen LogP contribution is -2.57. The zero-order valence-corrected chi connectivity index (χ0v) is 15.1. The number of nitrogens with zero attached hydrogens (tertiary/aromatic N) is 4. The van der Waals surface area contributed by atoms with Crippen LogP contribution in [0.2, 0.25) is 0 Å². The van der Waals surface area contributed by atoms with E-state index in [2.05, 4.69) is 15.3 Å². The molecule has 2 aromatic heterocycles. The summed E-state index contributed by atoms with van der Waals surface area (Å²) >= 11 is 1.53. The van der Waals surface area contributed by atoms with Crippen molar-refractivity contribution in [3.8, 4) is 0 Å². The van der Waals surface area contributed by atoms with Gasteiger partial charge in [-0.05, 0) is 23.6 Å². The van der Waals surface area contributed by atoms with Crippen LogP contribution in [0.25, 0.3) is 10.2 Å². The normalized spacial score (nSPS) is 18.1. The van der Waals surface area contributed by atoms with Crippen molar-refractivity contribution in [3.63, 3.8) is 0 Å². The second-order valence-electron chi connectivity index (χ2n) is 5.90. The van der Waals surface area contributed by atoms with Crippen molar-refractivity contribution in [2.45, 2.75) is 6.04 Å². The number of thiophene rings is 1. The van der Waals surface area contributed by atoms with Crippen LogP contribution in [0.15, 0.2) is 48.0 Å². The Morgan fingerprint density at radius 3 is 3.00 bits per heavy atom. The van der Waals surface area contributed by atoms with Gasteiger partial charge in [-0.1, -0.05) is 18.2 Å². The molecule has 0 saturated carbocycles. The zero-order chi connectivity index (χ0) is 17.9. The SMILES string of the molecule is CON1CCNCC1C(=O)N(c1ccccc1)c1ncc2ccsc2n1. The Labute approximate surface area is 155 Å². The van der Waals surface area contributed by atoms with Crippen LogP contribution < -0.4 is 10.2 Å². The van der Waals surface area contributed by atoms with Gasteiger partial charge in [-0.2, -0.15) is 5.06 Å². The Kier molecular flexibility index (Phi) is 4.89. The summed E-state index contributed by atoms with van der Waals surface area (Å²) in [7, 11) is 1.59. The van der Waals surface area contributed by atoms with Crippen LogP contribution >= 0.6 is 11.3 Å². The number of hydrogen-bond acceptors (Lipinski definition) is 7. The fraction of sp³-hybridized carbons (Fsp3) is 0.278. The van der Waals surface area contributed by atoms with Crippen LogP contribution in [0.4, 0.5) is 11.6 Å². The molecular weight excluding hydrogens is 350 g/mol. The average Bonchev–Trinajstić information content (AvgIpc) is 3.17. The molecule has 3 heterocycles. The predicted octanol–water partition coefficient (Wildman–Crippen LogP) is 2.19. The Morgan fingerprint density at radius 1 is 1.35 bits per heavy atom. The number of fused-ring (bicyclic) bond motifs is 1. The molecule has 1 unspecified atom stereocenters. The summed E-state index contributed by atoms with van der Waals surface area (Å²) in [4.78, 5) is 30.3. The van der Waals surface area contributed by atoms with Gasteiger partial charge in [-0.3, -0.25) is 4.79 Å². The van der Waals surface area contributed by atoms with E-state index in [1.807, 2.05) is 41.8 Å². The number of rotatable bonds is 4. The van der Waals surface area contributed by atoms with Crippen LogP contribution in [0, 0.1) is 0 Å². The third-order valence-electron chi connectivity index (χ3n) is 4.34. The Morgan fingerprint density at radius 2 is 2.19 bits per heavy atom. The Balaban J connectivity index is 1.76. The number of anilines is 2. The molecule has 0 bridgehead atoms. The number of hydroxylamine groups is 2. The maximum absolute atomic E-state index is 13.4. The quantitative estimate of drug-likeness (QED) is 0.760. The van der Waals surface area contributed by atoms with E-state index in [4.69, 9.17) is 4.84 Å². The maximum Gasteiger partial charge on any atom is 0.255 e. The molecule has 1 fully saturated rings. The van der Waals surface area contributed by atoms with Gasteiger partial charge in [0.2, 0.25) is 5.95 Å². The van der Waals surface area contributed by atoms with Gasteiger partial charge in [-0.15, -0.1) is 11.3 Å². The van der Waals surface area contributed by atoms with Crippen molar-refractivity contribution >= 4 is 39.1 Å². The molecule has 0 aliphatic carbocycles. The number of nitrogens with one attached hydrogen (secondary N) is 1. The van der Waals surface area contributed by atoms with E-state index in [0.29, 0.717) is 19.0 Å². The third kappa shape index (κ3) is 3.19. The molecule has 0 radical (unpaired) electrons. The molecule has 1 atom stereocenters. The summed E-state index contributed by atoms with van der Waals surface area (Å²) in [5.74, 6) is 0.249. The monoisotopic (exact) mass is 369 g/mol. The number of amides is 1. The van der Waals surface area contributed by atoms with Crippen molar-refractivity contribution in [1.29, 1.82) is 0 Å². The van der Waals surface area contributed by atoms with Crippen LogP contribution in [0.3, 0.4) is 0 Å². The molecule has 134 valence electrons. The van der Waals surface area contributed by atoms with Crippen molar-refractivity contribution in [1.82, 2.24) is 20.3 Å². The van der Waals surface area contributed by atoms with Gasteiger partial charge in [0, 0.05) is 31.2 Å². The number of piperazine rings is 1. The summed E-state index contributed by atoms with van der Waals surface area (Å²) in [6, 6.07) is 11.0. The molecule has 1 N–H and O–H groups in total. The van der Waals surface area contributed by atoms with Gasteiger partial charge in [0.05, 0.1) is 12.8 Å². The van der Waals surface area contributed by atoms with Gasteiger partial charge in [0.1, 0.15) is 10.9 Å². The van der Waals surface area contributed by atoms with Gasteiger partial charge >= 0.3 is 0 Å². The molecule has 1 aliphatic rings. The molecule has 0 spiro atoms. The van der Waals surface area contributed by atoms with Crippen LogP contribution in [0.5, 0.6) is 0 Å². The summed E-state index contributed by atoms with van der Waals surface area (Å²) in [5, 5.41) is 7.90. The average molecular weight is 369 g/mol. The summed E-state index contributed by atoms with van der Waals surface area (Å²) in [6.45, 7) is 1.93. The molecular formula is C18H19N5O2S. The highest BCUT2D eigenvalue weighted by atomic mass is 32.1. The lowest BCUT2D eigenvalue weighted by Gasteiger charge is -2.35. The van der Waals surface area contributed by atoms with E-state index in [-0.39, 0.29) is 5.91 Å². The Bertz CT molecular complexity index is 901. The first kappa shape index (κ1) is 17.0. The highest BCUT2D eigenvalue weighted by Gasteiger charge is 2.35. The lowest BCUT2D eigenvalue weighted by molar-refractivity contribution is -0.176. The first-order valence-corrected chi connectivity index (χ1v) is 9.26. The summed E-state index contributed by atoms with van der Waals surface area (Å²) in [5.41, 5.74) is 0.732. The Hall–Kier alpha value is -2.39. The van der Waals surface area contributed by atoms with E-state index in [0.717, 1.165) is 22.4 Å². The van der Waals surface area contributed by atoms with Gasteiger partial charge in [0.15, 0.2) is 0 Å². The zero-order valence-electron chi connectivity index (χ0n) is 14.3. The fourth-order valence-corrected chi connectivity index (χ4v) is 3.77. The van der Waals surface area contributed by atoms with E-state index in [9.17, 15) is 4.79 Å². The predicted molar refractivity (Wildman–Crippen MR) is 101 cm³/mol. The van der Waals surface area contributed by atoms with Crippen molar-refractivity contribution < 1.29 is 9.63 Å². The van der Waals surface area contributed by atoms with Gasteiger partial charge in [0.25, 0.3) is 5.91 Å². The van der Waals surface area contributed by atoms with Crippen LogP contribution in [-0.2, 0) is 9.63 Å². The second kappa shape index (κ2) is 7.46. The number of benzene rings is 1. The largest absolute Gasteiger partial charge is 0.313 e. The number of hydrogen-bond donors (Lipinski definition) is 1. The molecule has 7 nitrogen and oxygen atoms in total. The number of para-hydroxylation sites is 1. The lowest BCUT2D eigenvalue weighted by atomic mass is 10.2. The topological polar surface area (TPSA) is 70.6 Å². The number of carbonyl (C=O) groups excluding carboxylic acids is 1. The minimum atomic E-state index is -0.448. The van der Waals surface area contributed by atoms with Gasteiger partial charge in [-0.25, -0.2) is 14.9 Å². The van der Waals surface area contributed by atoms with E-state index >= 15 is 0 Å². The second-order valence-corrected chi connectivity index (χ2v) is 6.80. The van der Waals surface area contributed by atoms with Crippen molar-refractivity contribution in [3.05, 3.63) is 48.0 Å². The summed E-state index contributed by atoms with van der Waals surface area (Å²) in [6.07, 6.45) is 1.75. The standard InChI is InChI=1S/C18H19N5O2S/c1-25-22-9-8-19-12-15(22)17(24)23(14-5-3-2-4-6-14)18-20-11-13-7-10-26-16(13)21-18/h2-7,10-11,15,19H,8-9,12H2,1H3. The number of aromatic nitrogens is 2. The molecule has 3 aromatic rings. The van der Waals surface area contributed by atoms with Gasteiger partial charge < -0.3 is 10.2 Å². The van der Waals surface area contributed by atoms with E-state index in [1.54, 1.807) is 23.3 Å². The van der Waals surface area contributed by atoms with Crippen LogP contribution in [-0.4, -0.2) is 53.7 Å². The van der Waals surface area contributed by atoms with Crippen molar-refractivity contribution in [2.75, 3.05) is 31.6 Å².